The molecule has 0 bridgehead atoms. The second-order valence-corrected chi connectivity index (χ2v) is 10.2. The largest absolute Gasteiger partial charge is 0.392 e. The number of rotatable bonds is 4. The molecule has 0 spiro atoms. The van der Waals surface area contributed by atoms with Gasteiger partial charge < -0.3 is 5.11 Å². The average molecular weight is 499 g/mol. The molecule has 0 radical (unpaired) electrons. The molecule has 5 rings (SSSR count). The van der Waals surface area contributed by atoms with E-state index in [1.807, 2.05) is 12.1 Å². The van der Waals surface area contributed by atoms with Gasteiger partial charge in [-0.1, -0.05) is 29.8 Å². The predicted octanol–water partition coefficient (Wildman–Crippen LogP) is 2.36. The number of hydrogen-bond acceptors (Lipinski definition) is 6. The number of halogens is 1. The van der Waals surface area contributed by atoms with E-state index in [-0.39, 0.29) is 33.2 Å². The van der Waals surface area contributed by atoms with Gasteiger partial charge in [0, 0.05) is 12.7 Å². The quantitative estimate of drug-likeness (QED) is 0.445. The highest BCUT2D eigenvalue weighted by Gasteiger charge is 2.30. The summed E-state index contributed by atoms with van der Waals surface area (Å²) in [5.74, 6) is 0. The first kappa shape index (κ1) is 22.3. The topological polar surface area (TPSA) is 125 Å². The van der Waals surface area contributed by atoms with Crippen molar-refractivity contribution < 1.29 is 13.5 Å². The lowest BCUT2D eigenvalue weighted by Gasteiger charge is -2.30. The van der Waals surface area contributed by atoms with E-state index < -0.39 is 21.3 Å². The summed E-state index contributed by atoms with van der Waals surface area (Å²) in [4.78, 5) is 31.5. The molecule has 9 nitrogen and oxygen atoms in total. The van der Waals surface area contributed by atoms with Crippen LogP contribution in [0.25, 0.3) is 16.7 Å². The van der Waals surface area contributed by atoms with Crippen molar-refractivity contribution >= 4 is 38.3 Å². The Balaban J connectivity index is 1.71. The molecule has 3 heterocycles. The van der Waals surface area contributed by atoms with Gasteiger partial charge in [-0.25, -0.2) is 22.8 Å². The number of nitrogens with one attached hydrogen (secondary N) is 1. The van der Waals surface area contributed by atoms with Gasteiger partial charge in [-0.15, -0.1) is 0 Å². The summed E-state index contributed by atoms with van der Waals surface area (Å²) in [5, 5.41) is 9.53. The monoisotopic (exact) mass is 498 g/mol. The van der Waals surface area contributed by atoms with Gasteiger partial charge in [0.2, 0.25) is 0 Å². The predicted molar refractivity (Wildman–Crippen MR) is 128 cm³/mol. The lowest BCUT2D eigenvalue weighted by atomic mass is 10.0. The van der Waals surface area contributed by atoms with E-state index in [0.29, 0.717) is 24.2 Å². The number of aliphatic hydroxyl groups excluding tert-OH is 1. The zero-order valence-corrected chi connectivity index (χ0v) is 19.3. The van der Waals surface area contributed by atoms with E-state index >= 15 is 0 Å². The molecule has 4 aromatic rings. The average Bonchev–Trinajstić information content (AvgIpc) is 2.84. The fourth-order valence-corrected chi connectivity index (χ4v) is 5.94. The summed E-state index contributed by atoms with van der Waals surface area (Å²) in [6, 6.07) is 12.8. The number of hydrogen-bond donors (Lipinski definition) is 2. The Bertz CT molecular complexity index is 1660. The van der Waals surface area contributed by atoms with Crippen molar-refractivity contribution in [1.82, 2.24) is 14.5 Å². The summed E-state index contributed by atoms with van der Waals surface area (Å²) >= 11 is 6.39. The van der Waals surface area contributed by atoms with E-state index in [9.17, 15) is 23.1 Å². The number of nitrogens with zero attached hydrogens (tertiary/aromatic N) is 3. The van der Waals surface area contributed by atoms with Crippen LogP contribution >= 0.6 is 11.6 Å². The molecule has 0 fully saturated rings. The van der Waals surface area contributed by atoms with Crippen molar-refractivity contribution in [3.63, 3.8) is 0 Å². The Kier molecular flexibility index (Phi) is 5.51. The fourth-order valence-electron chi connectivity index (χ4n) is 4.17. The Morgan fingerprint density at radius 1 is 1.09 bits per heavy atom. The molecule has 0 unspecified atom stereocenters. The van der Waals surface area contributed by atoms with E-state index in [2.05, 4.69) is 9.97 Å². The molecule has 174 valence electrons. The van der Waals surface area contributed by atoms with Gasteiger partial charge >= 0.3 is 5.69 Å². The maximum atomic E-state index is 13.6. The van der Waals surface area contributed by atoms with Crippen molar-refractivity contribution in [2.75, 3.05) is 10.8 Å². The molecule has 0 saturated carbocycles. The van der Waals surface area contributed by atoms with Gasteiger partial charge in [0.1, 0.15) is 0 Å². The third-order valence-electron chi connectivity index (χ3n) is 5.80. The van der Waals surface area contributed by atoms with Crippen LogP contribution < -0.4 is 15.6 Å². The lowest BCUT2D eigenvalue weighted by molar-refractivity contribution is 0.281. The number of fused-ring (bicyclic) bond motifs is 2. The molecule has 2 aromatic carbocycles. The molecule has 1 aliphatic heterocycles. The van der Waals surface area contributed by atoms with Crippen molar-refractivity contribution in [3.8, 4) is 5.69 Å². The van der Waals surface area contributed by atoms with Crippen LogP contribution in [0.3, 0.4) is 0 Å². The maximum absolute atomic E-state index is 13.6. The van der Waals surface area contributed by atoms with Gasteiger partial charge in [-0.3, -0.25) is 14.1 Å². The van der Waals surface area contributed by atoms with E-state index in [1.165, 1.54) is 34.8 Å². The molecule has 34 heavy (non-hydrogen) atoms. The summed E-state index contributed by atoms with van der Waals surface area (Å²) in [6.07, 6.45) is 2.79. The highest BCUT2D eigenvalue weighted by Crippen LogP contribution is 2.33. The van der Waals surface area contributed by atoms with E-state index in [4.69, 9.17) is 11.6 Å². The Labute approximate surface area is 198 Å². The van der Waals surface area contributed by atoms with Crippen molar-refractivity contribution in [2.24, 2.45) is 0 Å². The smallest absolute Gasteiger partial charge is 0.334 e. The molecule has 11 heteroatoms. The SMILES string of the molecule is O=c1[nH]c(=O)n(-c2cc(S(=O)(=O)N3CCCc4ccccc43)ccc2Cl)c2ncc(CO)cc12. The van der Waals surface area contributed by atoms with Crippen LogP contribution in [0.4, 0.5) is 5.69 Å². The van der Waals surface area contributed by atoms with Crippen molar-refractivity contribution in [1.29, 1.82) is 0 Å². The number of aliphatic hydroxyl groups is 1. The summed E-state index contributed by atoms with van der Waals surface area (Å²) in [7, 11) is -3.97. The number of para-hydroxylation sites is 1. The van der Waals surface area contributed by atoms with Gasteiger partial charge in [-0.05, 0) is 54.3 Å². The first-order valence-corrected chi connectivity index (χ1v) is 12.3. The molecule has 0 amide bonds. The maximum Gasteiger partial charge on any atom is 0.334 e. The number of H-pyrrole nitrogens is 1. The zero-order chi connectivity index (χ0) is 24.0. The Morgan fingerprint density at radius 3 is 2.68 bits per heavy atom. The van der Waals surface area contributed by atoms with Gasteiger partial charge in [-0.2, -0.15) is 0 Å². The van der Waals surface area contributed by atoms with Crippen LogP contribution in [-0.4, -0.2) is 34.6 Å². The number of pyridine rings is 1. The minimum atomic E-state index is -3.97. The number of benzene rings is 2. The van der Waals surface area contributed by atoms with Gasteiger partial charge in [0.05, 0.1) is 33.3 Å². The summed E-state index contributed by atoms with van der Waals surface area (Å²) in [6.45, 7) is -0.0162. The van der Waals surface area contributed by atoms with Crippen LogP contribution in [0.1, 0.15) is 17.5 Å². The van der Waals surface area contributed by atoms with Crippen LogP contribution in [0.5, 0.6) is 0 Å². The second kappa shape index (κ2) is 8.39. The van der Waals surface area contributed by atoms with Crippen LogP contribution in [-0.2, 0) is 23.1 Å². The van der Waals surface area contributed by atoms with Crippen LogP contribution in [0.15, 0.2) is 69.2 Å². The van der Waals surface area contributed by atoms with Crippen LogP contribution in [0, 0.1) is 0 Å². The molecule has 1 aliphatic rings. The number of aryl methyl sites for hydroxylation is 1. The third kappa shape index (κ3) is 3.60. The summed E-state index contributed by atoms with van der Waals surface area (Å²) < 4.78 is 29.7. The van der Waals surface area contributed by atoms with Crippen molar-refractivity contribution in [2.45, 2.75) is 24.3 Å². The number of sulfonamides is 1. The molecule has 0 aliphatic carbocycles. The minimum Gasteiger partial charge on any atom is -0.392 e. The Hall–Kier alpha value is -3.47. The fraction of sp³-hybridized carbons (Fsp3) is 0.174. The van der Waals surface area contributed by atoms with Gasteiger partial charge in [0.25, 0.3) is 15.6 Å². The third-order valence-corrected chi connectivity index (χ3v) is 7.93. The highest BCUT2D eigenvalue weighted by molar-refractivity contribution is 7.92. The molecule has 0 atom stereocenters. The van der Waals surface area contributed by atoms with Crippen molar-refractivity contribution in [3.05, 3.63) is 91.7 Å². The first-order valence-electron chi connectivity index (χ1n) is 10.5. The van der Waals surface area contributed by atoms with Gasteiger partial charge in [0.15, 0.2) is 5.65 Å². The van der Waals surface area contributed by atoms with Crippen LogP contribution in [0.2, 0.25) is 5.02 Å². The second-order valence-electron chi connectivity index (χ2n) is 7.89. The first-order chi connectivity index (χ1) is 16.3. The molecule has 2 aromatic heterocycles. The number of anilines is 1. The molecular weight excluding hydrogens is 480 g/mol. The highest BCUT2D eigenvalue weighted by atomic mass is 35.5. The summed E-state index contributed by atoms with van der Waals surface area (Å²) in [5.41, 5.74) is 0.502. The Morgan fingerprint density at radius 2 is 1.88 bits per heavy atom. The lowest BCUT2D eigenvalue weighted by Crippen LogP contribution is -2.35. The van der Waals surface area contributed by atoms with E-state index in [0.717, 1.165) is 16.6 Å². The molecule has 2 N–H and O–H groups in total. The minimum absolute atomic E-state index is 0.00860. The standard InChI is InChI=1S/C23H19ClN4O5S/c24-18-8-7-16(34(32,33)27-9-3-5-15-4-1-2-6-19(15)27)11-20(18)28-21-17(22(30)26-23(28)31)10-14(13-29)12-25-21/h1-2,4,6-8,10-12,29H,3,5,9,13H2,(H,26,30,31). The molecule has 0 saturated heterocycles. The van der Waals surface area contributed by atoms with E-state index in [1.54, 1.807) is 12.1 Å². The normalized spacial score (nSPS) is 13.8. The zero-order valence-electron chi connectivity index (χ0n) is 17.7. The number of aromatic amines is 1. The molecular formula is C23H19ClN4O5S. The number of aromatic nitrogens is 3.